The molecule has 0 atom stereocenters. The van der Waals surface area contributed by atoms with Gasteiger partial charge in [-0.25, -0.2) is 9.59 Å². The molecule has 168 valence electrons. The van der Waals surface area contributed by atoms with Gasteiger partial charge in [-0.05, 0) is 27.7 Å². The van der Waals surface area contributed by atoms with Crippen LogP contribution < -0.4 is 0 Å². The summed E-state index contributed by atoms with van der Waals surface area (Å²) < 4.78 is 18.0. The number of carbonyl (C=O) groups is 4. The molecule has 0 aromatic carbocycles. The molecule has 0 aromatic rings. The van der Waals surface area contributed by atoms with Crippen LogP contribution in [0.25, 0.3) is 0 Å². The monoisotopic (exact) mass is 478 g/mol. The second kappa shape index (κ2) is 13.5. The number of ether oxygens (including phenoxy) is 4. The van der Waals surface area contributed by atoms with Gasteiger partial charge < -0.3 is 18.9 Å². The molecule has 0 unspecified atom stereocenters. The van der Waals surface area contributed by atoms with Crippen LogP contribution in [0.4, 0.5) is 0 Å². The zero-order valence-corrected chi connectivity index (χ0v) is 19.8. The number of hydrogen-bond acceptors (Lipinski definition) is 11. The minimum Gasteiger partial charge on any atom is -0.461 e. The van der Waals surface area contributed by atoms with Gasteiger partial charge in [0.25, 0.3) is 0 Å². The Balaban J connectivity index is 4.50. The molecule has 0 saturated heterocycles. The van der Waals surface area contributed by atoms with Crippen molar-refractivity contribution in [1.82, 2.24) is 0 Å². The van der Waals surface area contributed by atoms with E-state index in [2.05, 4.69) is 13.2 Å². The summed E-state index contributed by atoms with van der Waals surface area (Å²) in [6.45, 7) is 12.7. The predicted molar refractivity (Wildman–Crippen MR) is 120 cm³/mol. The molecule has 0 aliphatic heterocycles. The van der Waals surface area contributed by atoms with Crippen molar-refractivity contribution in [3.8, 4) is 0 Å². The van der Waals surface area contributed by atoms with E-state index in [1.54, 1.807) is 27.7 Å². The summed E-state index contributed by atoms with van der Waals surface area (Å²) in [5.74, 6) is -2.31. The lowest BCUT2D eigenvalue weighted by Crippen LogP contribution is -2.34. The number of esters is 4. The molecule has 0 bridgehead atoms. The second-order valence-electron chi connectivity index (χ2n) is 6.49. The van der Waals surface area contributed by atoms with Gasteiger partial charge in [0.2, 0.25) is 0 Å². The summed E-state index contributed by atoms with van der Waals surface area (Å²) in [7, 11) is 0. The van der Waals surface area contributed by atoms with Gasteiger partial charge in [0.15, 0.2) is 0 Å². The molecule has 30 heavy (non-hydrogen) atoms. The first kappa shape index (κ1) is 28.1. The summed E-state index contributed by atoms with van der Waals surface area (Å²) in [5, 5.41) is 0. The van der Waals surface area contributed by atoms with E-state index in [0.717, 1.165) is 35.7 Å². The Morgan fingerprint density at radius 2 is 1.03 bits per heavy atom. The first-order valence-corrected chi connectivity index (χ1v) is 10.7. The van der Waals surface area contributed by atoms with Gasteiger partial charge in [0.1, 0.15) is 39.5 Å². The average Bonchev–Trinajstić information content (AvgIpc) is 2.66. The summed E-state index contributed by atoms with van der Waals surface area (Å²) >= 11 is 7.44. The number of thiocarbonyl (C=S) groups is 1. The van der Waals surface area contributed by atoms with Crippen molar-refractivity contribution < 1.29 is 38.1 Å². The number of carbonyl (C=O) groups excluding carboxylic acids is 4. The highest BCUT2D eigenvalue weighted by atomic mass is 32.2. The third kappa shape index (κ3) is 11.4. The maximum atomic E-state index is 12.3. The van der Waals surface area contributed by atoms with Gasteiger partial charge in [-0.15, -0.1) is 0 Å². The van der Waals surface area contributed by atoms with Crippen molar-refractivity contribution in [2.75, 3.05) is 26.4 Å². The average molecular weight is 479 g/mol. The normalized spacial score (nSPS) is 11.1. The van der Waals surface area contributed by atoms with Crippen LogP contribution in [0.1, 0.15) is 27.7 Å². The van der Waals surface area contributed by atoms with E-state index in [4.69, 9.17) is 31.2 Å². The van der Waals surface area contributed by atoms with E-state index >= 15 is 0 Å². The van der Waals surface area contributed by atoms with E-state index in [0.29, 0.717) is 3.53 Å². The highest BCUT2D eigenvalue weighted by molar-refractivity contribution is 8.48. The molecule has 8 nitrogen and oxygen atoms in total. The fraction of sp³-hybridized carbons (Fsp3) is 0.526. The quantitative estimate of drug-likeness (QED) is 0.136. The lowest BCUT2D eigenvalue weighted by Gasteiger charge is -2.26. The SMILES string of the molecule is C=CC(=O)OCCOC(=O)C(C)(C)SC(=S)SC(C)(C)C(=O)OCCOC(=O)C=C. The third-order valence-electron chi connectivity index (χ3n) is 3.12. The van der Waals surface area contributed by atoms with Gasteiger partial charge in [-0.3, -0.25) is 9.59 Å². The maximum Gasteiger partial charge on any atom is 0.330 e. The van der Waals surface area contributed by atoms with Crippen LogP contribution in [0.2, 0.25) is 0 Å². The largest absolute Gasteiger partial charge is 0.461 e. The van der Waals surface area contributed by atoms with Gasteiger partial charge >= 0.3 is 23.9 Å². The molecule has 0 saturated carbocycles. The van der Waals surface area contributed by atoms with Crippen molar-refractivity contribution in [2.45, 2.75) is 37.2 Å². The minimum absolute atomic E-state index is 0.0858. The Labute approximate surface area is 190 Å². The molecule has 0 rings (SSSR count). The lowest BCUT2D eigenvalue weighted by molar-refractivity contribution is -0.151. The Hall–Kier alpha value is -1.85. The fourth-order valence-electron chi connectivity index (χ4n) is 1.54. The summed E-state index contributed by atoms with van der Waals surface area (Å²) in [4.78, 5) is 46.4. The Morgan fingerprint density at radius 1 is 0.733 bits per heavy atom. The van der Waals surface area contributed by atoms with Crippen LogP contribution in [-0.4, -0.2) is 63.3 Å². The molecule has 0 heterocycles. The number of rotatable bonds is 12. The zero-order valence-electron chi connectivity index (χ0n) is 17.4. The molecule has 0 aromatic heterocycles. The molecule has 0 spiro atoms. The van der Waals surface area contributed by atoms with Gasteiger partial charge in [-0.1, -0.05) is 48.9 Å². The van der Waals surface area contributed by atoms with Crippen molar-refractivity contribution in [3.63, 3.8) is 0 Å². The highest BCUT2D eigenvalue weighted by Gasteiger charge is 2.37. The standard InChI is InChI=1S/C19H26O8S3/c1-7-13(20)24-9-11-26-15(22)18(3,4)29-17(28)30-19(5,6)16(23)27-12-10-25-14(21)8-2/h7-8H,1-2,9-12H2,3-6H3. The Morgan fingerprint density at radius 3 is 1.33 bits per heavy atom. The molecular weight excluding hydrogens is 452 g/mol. The molecule has 0 aliphatic rings. The minimum atomic E-state index is -1.02. The van der Waals surface area contributed by atoms with Gasteiger partial charge in [-0.2, -0.15) is 0 Å². The van der Waals surface area contributed by atoms with Crippen molar-refractivity contribution in [1.29, 1.82) is 0 Å². The number of thioether (sulfide) groups is 2. The molecule has 11 heteroatoms. The molecule has 0 N–H and O–H groups in total. The smallest absolute Gasteiger partial charge is 0.330 e. The van der Waals surface area contributed by atoms with E-state index in [9.17, 15) is 19.2 Å². The topological polar surface area (TPSA) is 105 Å². The van der Waals surface area contributed by atoms with E-state index in [-0.39, 0.29) is 26.4 Å². The zero-order chi connectivity index (χ0) is 23.4. The van der Waals surface area contributed by atoms with E-state index < -0.39 is 33.4 Å². The van der Waals surface area contributed by atoms with Crippen LogP contribution >= 0.6 is 35.7 Å². The highest BCUT2D eigenvalue weighted by Crippen LogP contribution is 2.38. The predicted octanol–water partition coefficient (Wildman–Crippen LogP) is 2.84. The summed E-state index contributed by atoms with van der Waals surface area (Å²) in [6.07, 6.45) is 2.02. The number of hydrogen-bond donors (Lipinski definition) is 0. The van der Waals surface area contributed by atoms with Crippen LogP contribution in [-0.2, 0) is 38.1 Å². The van der Waals surface area contributed by atoms with Crippen LogP contribution in [0.3, 0.4) is 0 Å². The summed E-state index contributed by atoms with van der Waals surface area (Å²) in [6, 6.07) is 0. The molecule has 0 radical (unpaired) electrons. The molecular formula is C19H26O8S3. The van der Waals surface area contributed by atoms with E-state index in [1.165, 1.54) is 0 Å². The van der Waals surface area contributed by atoms with Crippen LogP contribution in [0.5, 0.6) is 0 Å². The fourth-order valence-corrected chi connectivity index (χ4v) is 5.32. The maximum absolute atomic E-state index is 12.3. The van der Waals surface area contributed by atoms with Crippen LogP contribution in [0, 0.1) is 0 Å². The molecule has 0 aliphatic carbocycles. The third-order valence-corrected chi connectivity index (χ3v) is 5.80. The first-order chi connectivity index (χ1) is 13.9. The summed E-state index contributed by atoms with van der Waals surface area (Å²) in [5.41, 5.74) is 0. The Bertz CT molecular complexity index is 629. The molecule has 0 amide bonds. The van der Waals surface area contributed by atoms with Crippen molar-refractivity contribution >= 4 is 63.1 Å². The Kier molecular flexibility index (Phi) is 12.6. The second-order valence-corrected chi connectivity index (χ2v) is 10.9. The lowest BCUT2D eigenvalue weighted by atomic mass is 10.2. The van der Waals surface area contributed by atoms with Gasteiger partial charge in [0.05, 0.1) is 0 Å². The van der Waals surface area contributed by atoms with Gasteiger partial charge in [0, 0.05) is 12.2 Å². The molecule has 0 fully saturated rings. The van der Waals surface area contributed by atoms with E-state index in [1.807, 2.05) is 0 Å². The van der Waals surface area contributed by atoms with Crippen molar-refractivity contribution in [3.05, 3.63) is 25.3 Å². The van der Waals surface area contributed by atoms with Crippen molar-refractivity contribution in [2.24, 2.45) is 0 Å². The first-order valence-electron chi connectivity index (χ1n) is 8.70. The van der Waals surface area contributed by atoms with Crippen LogP contribution in [0.15, 0.2) is 25.3 Å².